The highest BCUT2D eigenvalue weighted by Crippen LogP contribution is 2.20. The van der Waals surface area contributed by atoms with Gasteiger partial charge in [-0.05, 0) is 37.9 Å². The summed E-state index contributed by atoms with van der Waals surface area (Å²) in [6.45, 7) is 7.38. The van der Waals surface area contributed by atoms with Gasteiger partial charge in [-0.3, -0.25) is 4.68 Å². The van der Waals surface area contributed by atoms with Gasteiger partial charge in [-0.25, -0.2) is 0 Å². The van der Waals surface area contributed by atoms with E-state index in [-0.39, 0.29) is 0 Å². The number of hydrogen-bond donors (Lipinski definition) is 1. The first-order valence-electron chi connectivity index (χ1n) is 7.61. The molecular weight excluding hydrogens is 246 g/mol. The Morgan fingerprint density at radius 3 is 2.65 bits per heavy atom. The molecule has 3 nitrogen and oxygen atoms in total. The Labute approximate surface area is 122 Å². The van der Waals surface area contributed by atoms with Crippen LogP contribution in [0.2, 0.25) is 0 Å². The highest BCUT2D eigenvalue weighted by atomic mass is 15.3. The van der Waals surface area contributed by atoms with Crippen molar-refractivity contribution in [2.24, 2.45) is 0 Å². The standard InChI is InChI=1S/C17H25N3/c1-3-11-18-14-16(15-8-6-5-7-9-15)13-17-10-12-19-20(17)4-2/h5-10,12,16,18H,3-4,11,13-14H2,1-2H3. The highest BCUT2D eigenvalue weighted by molar-refractivity contribution is 5.22. The second kappa shape index (κ2) is 7.85. The molecular formula is C17H25N3. The van der Waals surface area contributed by atoms with Crippen molar-refractivity contribution in [1.82, 2.24) is 15.1 Å². The van der Waals surface area contributed by atoms with E-state index < -0.39 is 0 Å². The summed E-state index contributed by atoms with van der Waals surface area (Å²) >= 11 is 0. The number of rotatable bonds is 8. The molecule has 1 heterocycles. The Hall–Kier alpha value is -1.61. The van der Waals surface area contributed by atoms with Gasteiger partial charge >= 0.3 is 0 Å². The van der Waals surface area contributed by atoms with Gasteiger partial charge in [-0.2, -0.15) is 5.10 Å². The summed E-state index contributed by atoms with van der Waals surface area (Å²) in [5, 5.41) is 7.93. The Kier molecular flexibility index (Phi) is 5.81. The lowest BCUT2D eigenvalue weighted by Gasteiger charge is -2.18. The van der Waals surface area contributed by atoms with Gasteiger partial charge in [0.1, 0.15) is 0 Å². The molecule has 1 atom stereocenters. The molecule has 1 unspecified atom stereocenters. The minimum absolute atomic E-state index is 0.504. The molecule has 2 rings (SSSR count). The number of benzene rings is 1. The third-order valence-corrected chi connectivity index (χ3v) is 3.65. The summed E-state index contributed by atoms with van der Waals surface area (Å²) < 4.78 is 2.09. The van der Waals surface area contributed by atoms with Crippen LogP contribution in [0.5, 0.6) is 0 Å². The number of hydrogen-bond acceptors (Lipinski definition) is 2. The van der Waals surface area contributed by atoms with Gasteiger partial charge in [0.2, 0.25) is 0 Å². The van der Waals surface area contributed by atoms with E-state index in [9.17, 15) is 0 Å². The van der Waals surface area contributed by atoms with Crippen molar-refractivity contribution >= 4 is 0 Å². The monoisotopic (exact) mass is 271 g/mol. The first-order chi connectivity index (χ1) is 9.85. The van der Waals surface area contributed by atoms with Crippen LogP contribution in [0.3, 0.4) is 0 Å². The van der Waals surface area contributed by atoms with Crippen LogP contribution >= 0.6 is 0 Å². The maximum atomic E-state index is 4.37. The van der Waals surface area contributed by atoms with E-state index >= 15 is 0 Å². The minimum atomic E-state index is 0.504. The normalized spacial score (nSPS) is 12.5. The average molecular weight is 271 g/mol. The van der Waals surface area contributed by atoms with E-state index in [0.29, 0.717) is 5.92 Å². The van der Waals surface area contributed by atoms with Crippen LogP contribution in [0.1, 0.15) is 37.4 Å². The van der Waals surface area contributed by atoms with Crippen molar-refractivity contribution in [2.75, 3.05) is 13.1 Å². The molecule has 0 spiro atoms. The Balaban J connectivity index is 2.10. The molecule has 0 aliphatic heterocycles. The molecule has 0 bridgehead atoms. The van der Waals surface area contributed by atoms with Crippen molar-refractivity contribution in [3.05, 3.63) is 53.9 Å². The molecule has 0 aliphatic rings. The zero-order chi connectivity index (χ0) is 14.2. The summed E-state index contributed by atoms with van der Waals surface area (Å²) in [5.74, 6) is 0.504. The Morgan fingerprint density at radius 2 is 1.95 bits per heavy atom. The summed E-state index contributed by atoms with van der Waals surface area (Å²) in [7, 11) is 0. The van der Waals surface area contributed by atoms with Gasteiger partial charge in [-0.1, -0.05) is 37.3 Å². The van der Waals surface area contributed by atoms with Crippen LogP contribution in [-0.4, -0.2) is 22.9 Å². The molecule has 0 radical (unpaired) electrons. The second-order valence-electron chi connectivity index (χ2n) is 5.15. The van der Waals surface area contributed by atoms with Crippen LogP contribution in [-0.2, 0) is 13.0 Å². The van der Waals surface area contributed by atoms with Crippen LogP contribution in [0, 0.1) is 0 Å². The lowest BCUT2D eigenvalue weighted by Crippen LogP contribution is -2.24. The lowest BCUT2D eigenvalue weighted by molar-refractivity contribution is 0.543. The van der Waals surface area contributed by atoms with Crippen molar-refractivity contribution in [3.63, 3.8) is 0 Å². The van der Waals surface area contributed by atoms with Gasteiger partial charge in [-0.15, -0.1) is 0 Å². The number of aromatic nitrogens is 2. The Morgan fingerprint density at radius 1 is 1.15 bits per heavy atom. The van der Waals surface area contributed by atoms with Crippen LogP contribution in [0.15, 0.2) is 42.6 Å². The number of nitrogens with one attached hydrogen (secondary N) is 1. The zero-order valence-electron chi connectivity index (χ0n) is 12.5. The minimum Gasteiger partial charge on any atom is -0.316 e. The van der Waals surface area contributed by atoms with Crippen molar-refractivity contribution < 1.29 is 0 Å². The predicted molar refractivity (Wildman–Crippen MR) is 83.9 cm³/mol. The maximum absolute atomic E-state index is 4.37. The summed E-state index contributed by atoms with van der Waals surface area (Å²) in [6, 6.07) is 12.9. The molecule has 20 heavy (non-hydrogen) atoms. The molecule has 108 valence electrons. The third-order valence-electron chi connectivity index (χ3n) is 3.65. The maximum Gasteiger partial charge on any atom is 0.0492 e. The average Bonchev–Trinajstić information content (AvgIpc) is 2.94. The van der Waals surface area contributed by atoms with Crippen LogP contribution in [0.25, 0.3) is 0 Å². The van der Waals surface area contributed by atoms with Crippen LogP contribution in [0.4, 0.5) is 0 Å². The first-order valence-corrected chi connectivity index (χ1v) is 7.61. The van der Waals surface area contributed by atoms with Crippen molar-refractivity contribution in [1.29, 1.82) is 0 Å². The van der Waals surface area contributed by atoms with Gasteiger partial charge in [0.15, 0.2) is 0 Å². The first kappa shape index (κ1) is 14.8. The molecule has 0 saturated carbocycles. The molecule has 3 heteroatoms. The third kappa shape index (κ3) is 3.94. The number of nitrogens with zero attached hydrogens (tertiary/aromatic N) is 2. The SMILES string of the molecule is CCCNCC(Cc1ccnn1CC)c1ccccc1. The molecule has 0 saturated heterocycles. The van der Waals surface area contributed by atoms with Gasteiger partial charge in [0.25, 0.3) is 0 Å². The van der Waals surface area contributed by atoms with Gasteiger partial charge < -0.3 is 5.32 Å². The van der Waals surface area contributed by atoms with Crippen LogP contribution < -0.4 is 5.32 Å². The number of aryl methyl sites for hydroxylation is 1. The summed E-state index contributed by atoms with van der Waals surface area (Å²) in [6.07, 6.45) is 4.11. The summed E-state index contributed by atoms with van der Waals surface area (Å²) in [4.78, 5) is 0. The van der Waals surface area contributed by atoms with E-state index in [2.05, 4.69) is 65.3 Å². The fourth-order valence-electron chi connectivity index (χ4n) is 2.56. The molecule has 0 amide bonds. The van der Waals surface area contributed by atoms with E-state index in [1.807, 2.05) is 6.20 Å². The highest BCUT2D eigenvalue weighted by Gasteiger charge is 2.14. The fraction of sp³-hybridized carbons (Fsp3) is 0.471. The molecule has 1 N–H and O–H groups in total. The largest absolute Gasteiger partial charge is 0.316 e. The lowest BCUT2D eigenvalue weighted by atomic mass is 9.94. The van der Waals surface area contributed by atoms with Crippen molar-refractivity contribution in [2.45, 2.75) is 39.2 Å². The molecule has 0 fully saturated rings. The molecule has 2 aromatic rings. The predicted octanol–water partition coefficient (Wildman–Crippen LogP) is 3.23. The van der Waals surface area contributed by atoms with Gasteiger partial charge in [0.05, 0.1) is 0 Å². The van der Waals surface area contributed by atoms with E-state index in [4.69, 9.17) is 0 Å². The quantitative estimate of drug-likeness (QED) is 0.747. The second-order valence-corrected chi connectivity index (χ2v) is 5.15. The zero-order valence-corrected chi connectivity index (χ0v) is 12.5. The van der Waals surface area contributed by atoms with E-state index in [1.54, 1.807) is 0 Å². The van der Waals surface area contributed by atoms with E-state index in [1.165, 1.54) is 17.7 Å². The Bertz CT molecular complexity index is 490. The van der Waals surface area contributed by atoms with E-state index in [0.717, 1.165) is 26.1 Å². The van der Waals surface area contributed by atoms with Crippen molar-refractivity contribution in [3.8, 4) is 0 Å². The topological polar surface area (TPSA) is 29.9 Å². The molecule has 1 aromatic carbocycles. The molecule has 0 aliphatic carbocycles. The summed E-state index contributed by atoms with van der Waals surface area (Å²) in [5.41, 5.74) is 2.72. The fourth-order valence-corrected chi connectivity index (χ4v) is 2.56. The van der Waals surface area contributed by atoms with Gasteiger partial charge in [0, 0.05) is 30.9 Å². The molecule has 1 aromatic heterocycles. The smallest absolute Gasteiger partial charge is 0.0492 e.